The van der Waals surface area contributed by atoms with Gasteiger partial charge in [0.1, 0.15) is 11.5 Å². The number of aromatic nitrogens is 2. The van der Waals surface area contributed by atoms with Gasteiger partial charge in [-0.2, -0.15) is 5.10 Å². The zero-order valence-electron chi connectivity index (χ0n) is 15.6. The first kappa shape index (κ1) is 19.0. The van der Waals surface area contributed by atoms with E-state index in [1.165, 1.54) is 0 Å². The topological polar surface area (TPSA) is 100 Å². The lowest BCUT2D eigenvalue weighted by molar-refractivity contribution is 0.322. The Morgan fingerprint density at radius 3 is 2.62 bits per heavy atom. The summed E-state index contributed by atoms with van der Waals surface area (Å²) in [5.74, 6) is 2.08. The minimum absolute atomic E-state index is 0.0476. The van der Waals surface area contributed by atoms with Crippen LogP contribution in [-0.4, -0.2) is 35.9 Å². The van der Waals surface area contributed by atoms with E-state index in [4.69, 9.17) is 4.42 Å². The van der Waals surface area contributed by atoms with Crippen LogP contribution in [-0.2, 0) is 10.0 Å². The zero-order valence-corrected chi connectivity index (χ0v) is 16.4. The Labute approximate surface area is 155 Å². The molecule has 0 unspecified atom stereocenters. The molecule has 26 heavy (non-hydrogen) atoms. The van der Waals surface area contributed by atoms with Crippen molar-refractivity contribution in [3.05, 3.63) is 24.5 Å². The summed E-state index contributed by atoms with van der Waals surface area (Å²) in [7, 11) is -3.28. The molecule has 3 rings (SSSR count). The van der Waals surface area contributed by atoms with Gasteiger partial charge in [0, 0.05) is 18.7 Å². The van der Waals surface area contributed by atoms with Gasteiger partial charge in [0.05, 0.1) is 11.0 Å². The summed E-state index contributed by atoms with van der Waals surface area (Å²) >= 11 is 0. The van der Waals surface area contributed by atoms with Crippen molar-refractivity contribution < 1.29 is 12.8 Å². The molecule has 2 heterocycles. The second-order valence-corrected chi connectivity index (χ2v) is 10.4. The molecule has 3 N–H and O–H groups in total. The number of nitrogens with zero attached hydrogens (tertiary/aromatic N) is 1. The number of hydrogen-bond donors (Lipinski definition) is 3. The predicted molar refractivity (Wildman–Crippen MR) is 102 cm³/mol. The summed E-state index contributed by atoms with van der Waals surface area (Å²) < 4.78 is 32.0. The van der Waals surface area contributed by atoms with Crippen LogP contribution >= 0.6 is 0 Å². The van der Waals surface area contributed by atoms with Gasteiger partial charge in [-0.15, -0.1) is 0 Å². The van der Waals surface area contributed by atoms with E-state index in [0.29, 0.717) is 5.92 Å². The SMILES string of the molecule is CC(C)(C)S(=O)(=O)N[C@H]1CC[C@H](CNc2cc(-c3ccco3)[nH]n2)CC1. The molecule has 0 amide bonds. The fraction of sp³-hybridized carbons (Fsp3) is 0.611. The van der Waals surface area contributed by atoms with Crippen LogP contribution in [0.5, 0.6) is 0 Å². The number of aromatic amines is 1. The Morgan fingerprint density at radius 2 is 2.00 bits per heavy atom. The van der Waals surface area contributed by atoms with Crippen LogP contribution in [0.15, 0.2) is 28.9 Å². The first-order valence-corrected chi connectivity index (χ1v) is 10.6. The Kier molecular flexibility index (Phi) is 5.43. The van der Waals surface area contributed by atoms with Crippen molar-refractivity contribution in [1.29, 1.82) is 0 Å². The highest BCUT2D eigenvalue weighted by atomic mass is 32.2. The first-order chi connectivity index (χ1) is 12.2. The van der Waals surface area contributed by atoms with Crippen molar-refractivity contribution in [3.63, 3.8) is 0 Å². The van der Waals surface area contributed by atoms with Gasteiger partial charge in [-0.3, -0.25) is 5.10 Å². The lowest BCUT2D eigenvalue weighted by Gasteiger charge is -2.31. The molecule has 0 aromatic carbocycles. The maximum absolute atomic E-state index is 12.3. The molecule has 1 aliphatic rings. The summed E-state index contributed by atoms with van der Waals surface area (Å²) in [4.78, 5) is 0. The summed E-state index contributed by atoms with van der Waals surface area (Å²) in [5.41, 5.74) is 0.845. The highest BCUT2D eigenvalue weighted by molar-refractivity contribution is 7.90. The fourth-order valence-corrected chi connectivity index (χ4v) is 4.13. The molecule has 0 atom stereocenters. The summed E-state index contributed by atoms with van der Waals surface area (Å²) in [6.45, 7) is 6.02. The normalized spacial score (nSPS) is 21.7. The third-order valence-corrected chi connectivity index (χ3v) is 7.17. The Morgan fingerprint density at radius 1 is 1.27 bits per heavy atom. The molecule has 0 bridgehead atoms. The van der Waals surface area contributed by atoms with Gasteiger partial charge in [-0.05, 0) is 64.5 Å². The van der Waals surface area contributed by atoms with Crippen LogP contribution in [0.2, 0.25) is 0 Å². The van der Waals surface area contributed by atoms with Crippen molar-refractivity contribution >= 4 is 15.8 Å². The van der Waals surface area contributed by atoms with Crippen molar-refractivity contribution in [2.45, 2.75) is 57.2 Å². The molecule has 1 fully saturated rings. The average Bonchev–Trinajstić information content (AvgIpc) is 3.24. The number of hydrogen-bond acceptors (Lipinski definition) is 5. The first-order valence-electron chi connectivity index (χ1n) is 9.09. The van der Waals surface area contributed by atoms with E-state index in [0.717, 1.165) is 49.5 Å². The molecule has 2 aromatic heterocycles. The molecule has 8 heteroatoms. The lowest BCUT2D eigenvalue weighted by Crippen LogP contribution is -2.46. The van der Waals surface area contributed by atoms with Crippen LogP contribution in [0, 0.1) is 5.92 Å². The molecule has 0 saturated heterocycles. The third-order valence-electron chi connectivity index (χ3n) is 4.91. The monoisotopic (exact) mass is 380 g/mol. The summed E-state index contributed by atoms with van der Waals surface area (Å²) in [6.07, 6.45) is 5.38. The van der Waals surface area contributed by atoms with Crippen LogP contribution in [0.1, 0.15) is 46.5 Å². The molecule has 0 aliphatic heterocycles. The summed E-state index contributed by atoms with van der Waals surface area (Å²) in [6, 6.07) is 5.71. The van der Waals surface area contributed by atoms with Crippen molar-refractivity contribution in [1.82, 2.24) is 14.9 Å². The Hall–Kier alpha value is -1.80. The molecule has 144 valence electrons. The third kappa shape index (κ3) is 4.48. The second kappa shape index (κ2) is 7.44. The molecule has 1 aliphatic carbocycles. The van der Waals surface area contributed by atoms with Crippen molar-refractivity contribution in [3.8, 4) is 11.5 Å². The minimum Gasteiger partial charge on any atom is -0.463 e. The van der Waals surface area contributed by atoms with E-state index in [1.54, 1.807) is 27.0 Å². The molecule has 7 nitrogen and oxygen atoms in total. The molecule has 0 spiro atoms. The minimum atomic E-state index is -3.28. The fourth-order valence-electron chi connectivity index (χ4n) is 3.10. The maximum Gasteiger partial charge on any atom is 0.216 e. The van der Waals surface area contributed by atoms with Crippen molar-refractivity contribution in [2.75, 3.05) is 11.9 Å². The van der Waals surface area contributed by atoms with Gasteiger partial charge in [0.15, 0.2) is 5.76 Å². The van der Waals surface area contributed by atoms with E-state index in [2.05, 4.69) is 20.2 Å². The Bertz CT molecular complexity index is 798. The Balaban J connectivity index is 1.45. The van der Waals surface area contributed by atoms with E-state index in [1.807, 2.05) is 18.2 Å². The highest BCUT2D eigenvalue weighted by Crippen LogP contribution is 2.27. The van der Waals surface area contributed by atoms with Gasteiger partial charge in [0.25, 0.3) is 0 Å². The maximum atomic E-state index is 12.3. The quantitative estimate of drug-likeness (QED) is 0.713. The van der Waals surface area contributed by atoms with Crippen LogP contribution in [0.25, 0.3) is 11.5 Å². The van der Waals surface area contributed by atoms with Gasteiger partial charge < -0.3 is 9.73 Å². The number of anilines is 1. The number of H-pyrrole nitrogens is 1. The molecule has 0 radical (unpaired) electrons. The number of nitrogens with one attached hydrogen (secondary N) is 3. The lowest BCUT2D eigenvalue weighted by atomic mass is 9.86. The van der Waals surface area contributed by atoms with Crippen LogP contribution in [0.4, 0.5) is 5.82 Å². The second-order valence-electron chi connectivity index (χ2n) is 7.98. The number of furan rings is 1. The number of sulfonamides is 1. The van der Waals surface area contributed by atoms with E-state index in [9.17, 15) is 8.42 Å². The summed E-state index contributed by atoms with van der Waals surface area (Å²) in [5, 5.41) is 10.6. The number of rotatable bonds is 6. The van der Waals surface area contributed by atoms with Gasteiger partial charge in [0.2, 0.25) is 10.0 Å². The van der Waals surface area contributed by atoms with Crippen molar-refractivity contribution in [2.24, 2.45) is 5.92 Å². The highest BCUT2D eigenvalue weighted by Gasteiger charge is 2.32. The van der Waals surface area contributed by atoms with Gasteiger partial charge in [-0.1, -0.05) is 0 Å². The average molecular weight is 381 g/mol. The van der Waals surface area contributed by atoms with Crippen LogP contribution in [0.3, 0.4) is 0 Å². The van der Waals surface area contributed by atoms with Crippen LogP contribution < -0.4 is 10.0 Å². The molecular formula is C18H28N4O3S. The molecule has 1 saturated carbocycles. The van der Waals surface area contributed by atoms with Gasteiger partial charge in [-0.25, -0.2) is 13.1 Å². The zero-order chi connectivity index (χ0) is 18.8. The van der Waals surface area contributed by atoms with E-state index >= 15 is 0 Å². The van der Waals surface area contributed by atoms with E-state index < -0.39 is 14.8 Å². The predicted octanol–water partition coefficient (Wildman–Crippen LogP) is 3.36. The van der Waals surface area contributed by atoms with Gasteiger partial charge >= 0.3 is 0 Å². The smallest absolute Gasteiger partial charge is 0.216 e. The largest absolute Gasteiger partial charge is 0.463 e. The van der Waals surface area contributed by atoms with E-state index in [-0.39, 0.29) is 6.04 Å². The standard InChI is InChI=1S/C18H28N4O3S/c1-18(2,3)26(23,24)22-14-8-6-13(7-9-14)12-19-17-11-15(20-21-17)16-5-4-10-25-16/h4-5,10-11,13-14,22H,6-9,12H2,1-3H3,(H2,19,20,21)/t13-,14-. The molecular weight excluding hydrogens is 352 g/mol. The molecule has 2 aromatic rings.